The second kappa shape index (κ2) is 5.24. The van der Waals surface area contributed by atoms with Crippen molar-refractivity contribution in [2.75, 3.05) is 7.05 Å². The number of hydrogen-bond donors (Lipinski definition) is 0. The quantitative estimate of drug-likeness (QED) is 0.793. The molecular weight excluding hydrogens is 314 g/mol. The Hall–Kier alpha value is -2.06. The number of carbonyl (C=O) groups is 2. The Balaban J connectivity index is 2.12. The first-order chi connectivity index (χ1) is 10.8. The Morgan fingerprint density at radius 3 is 2.43 bits per heavy atom. The minimum absolute atomic E-state index is 0.102. The van der Waals surface area contributed by atoms with Gasteiger partial charge in [-0.1, -0.05) is 23.7 Å². The van der Waals surface area contributed by atoms with Crippen molar-refractivity contribution in [3.63, 3.8) is 0 Å². The molecule has 120 valence electrons. The molecule has 2 aliphatic rings. The zero-order chi connectivity index (χ0) is 16.9. The van der Waals surface area contributed by atoms with Gasteiger partial charge in [-0.3, -0.25) is 9.59 Å². The summed E-state index contributed by atoms with van der Waals surface area (Å²) in [4.78, 5) is 28.5. The van der Waals surface area contributed by atoms with Crippen molar-refractivity contribution >= 4 is 23.4 Å². The minimum atomic E-state index is -0.811. The number of piperazine rings is 1. The van der Waals surface area contributed by atoms with Crippen LogP contribution in [0.15, 0.2) is 24.3 Å². The average molecular weight is 332 g/mol. The maximum absolute atomic E-state index is 12.8. The molecule has 2 heterocycles. The van der Waals surface area contributed by atoms with E-state index in [0.29, 0.717) is 11.4 Å². The lowest BCUT2D eigenvalue weighted by molar-refractivity contribution is -0.159. The number of benzene rings is 1. The number of rotatable bonds is 1. The molecule has 0 aliphatic carbocycles. The highest BCUT2D eigenvalue weighted by Gasteiger charge is 2.58. The summed E-state index contributed by atoms with van der Waals surface area (Å²) in [5.41, 5.74) is 0.0215. The van der Waals surface area contributed by atoms with Gasteiger partial charge in [-0.05, 0) is 38.0 Å². The van der Waals surface area contributed by atoms with E-state index in [9.17, 15) is 14.9 Å². The van der Waals surface area contributed by atoms with Gasteiger partial charge in [-0.15, -0.1) is 0 Å². The average Bonchev–Trinajstić information content (AvgIpc) is 2.86. The largest absolute Gasteiger partial charge is 0.332 e. The van der Waals surface area contributed by atoms with Gasteiger partial charge >= 0.3 is 0 Å². The zero-order valence-electron chi connectivity index (χ0n) is 13.3. The Morgan fingerprint density at radius 2 is 1.87 bits per heavy atom. The van der Waals surface area contributed by atoms with Crippen LogP contribution in [0.1, 0.15) is 31.9 Å². The van der Waals surface area contributed by atoms with E-state index in [1.807, 2.05) is 19.1 Å². The first-order valence-electron chi connectivity index (χ1n) is 7.56. The van der Waals surface area contributed by atoms with E-state index < -0.39 is 23.5 Å². The number of amides is 2. The molecule has 6 heteroatoms. The zero-order valence-corrected chi connectivity index (χ0v) is 14.0. The van der Waals surface area contributed by atoms with E-state index in [1.165, 1.54) is 4.90 Å². The fourth-order valence-corrected chi connectivity index (χ4v) is 3.80. The van der Waals surface area contributed by atoms with Crippen LogP contribution in [0.4, 0.5) is 0 Å². The fourth-order valence-electron chi connectivity index (χ4n) is 3.67. The van der Waals surface area contributed by atoms with Gasteiger partial charge in [0.2, 0.25) is 11.8 Å². The Labute approximate surface area is 140 Å². The summed E-state index contributed by atoms with van der Waals surface area (Å²) in [5, 5.41) is 10.3. The summed E-state index contributed by atoms with van der Waals surface area (Å²) in [6, 6.07) is 7.93. The van der Waals surface area contributed by atoms with Crippen LogP contribution in [-0.2, 0) is 9.59 Å². The summed E-state index contributed by atoms with van der Waals surface area (Å²) in [5.74, 6) is -0.217. The van der Waals surface area contributed by atoms with Gasteiger partial charge < -0.3 is 9.80 Å². The Kier molecular flexibility index (Phi) is 3.61. The van der Waals surface area contributed by atoms with Crippen LogP contribution >= 0.6 is 11.6 Å². The van der Waals surface area contributed by atoms with E-state index >= 15 is 0 Å². The van der Waals surface area contributed by atoms with Crippen molar-refractivity contribution in [2.24, 2.45) is 5.41 Å². The molecule has 0 spiro atoms. The molecule has 0 bridgehead atoms. The molecule has 2 amide bonds. The maximum atomic E-state index is 12.8. The topological polar surface area (TPSA) is 64.4 Å². The van der Waals surface area contributed by atoms with Gasteiger partial charge in [0.15, 0.2) is 0 Å². The number of fused-ring (bicyclic) bond motifs is 1. The van der Waals surface area contributed by atoms with Gasteiger partial charge in [-0.2, -0.15) is 5.26 Å². The van der Waals surface area contributed by atoms with Crippen molar-refractivity contribution in [3.05, 3.63) is 34.9 Å². The lowest BCUT2D eigenvalue weighted by Crippen LogP contribution is -2.60. The molecule has 1 aromatic carbocycles. The van der Waals surface area contributed by atoms with Crippen LogP contribution in [0.5, 0.6) is 0 Å². The van der Waals surface area contributed by atoms with Crippen LogP contribution in [0.3, 0.4) is 0 Å². The first kappa shape index (κ1) is 15.8. The monoisotopic (exact) mass is 331 g/mol. The molecule has 1 aromatic rings. The highest BCUT2D eigenvalue weighted by Crippen LogP contribution is 2.51. The lowest BCUT2D eigenvalue weighted by Gasteiger charge is -2.42. The third-order valence-corrected chi connectivity index (χ3v) is 5.35. The third-order valence-electron chi connectivity index (χ3n) is 5.10. The molecule has 4 atom stereocenters. The molecule has 0 saturated carbocycles. The van der Waals surface area contributed by atoms with Gasteiger partial charge in [-0.25, -0.2) is 0 Å². The van der Waals surface area contributed by atoms with E-state index in [2.05, 4.69) is 6.07 Å². The van der Waals surface area contributed by atoms with Crippen molar-refractivity contribution in [3.8, 4) is 6.07 Å². The van der Waals surface area contributed by atoms with Crippen molar-refractivity contribution in [1.82, 2.24) is 9.80 Å². The number of likely N-dealkylation sites (N-methyl/N-ethyl adjacent to an activating group) is 1. The summed E-state index contributed by atoms with van der Waals surface area (Å²) in [7, 11) is 1.64. The highest BCUT2D eigenvalue weighted by molar-refractivity contribution is 6.30. The van der Waals surface area contributed by atoms with Crippen LogP contribution in [0.2, 0.25) is 5.02 Å². The maximum Gasteiger partial charge on any atom is 0.246 e. The first-order valence-corrected chi connectivity index (χ1v) is 7.93. The normalized spacial score (nSPS) is 33.6. The van der Waals surface area contributed by atoms with Crippen LogP contribution in [-0.4, -0.2) is 40.7 Å². The fraction of sp³-hybridized carbons (Fsp3) is 0.471. The van der Waals surface area contributed by atoms with Crippen molar-refractivity contribution in [2.45, 2.75) is 38.4 Å². The van der Waals surface area contributed by atoms with Gasteiger partial charge in [0.1, 0.15) is 12.1 Å². The molecule has 5 nitrogen and oxygen atoms in total. The molecule has 2 saturated heterocycles. The molecule has 2 unspecified atom stereocenters. The van der Waals surface area contributed by atoms with E-state index in [4.69, 9.17) is 11.6 Å². The van der Waals surface area contributed by atoms with Crippen LogP contribution in [0, 0.1) is 16.7 Å². The smallest absolute Gasteiger partial charge is 0.246 e. The molecule has 0 radical (unpaired) electrons. The molecule has 0 N–H and O–H groups in total. The van der Waals surface area contributed by atoms with Crippen molar-refractivity contribution < 1.29 is 9.59 Å². The number of hydrogen-bond acceptors (Lipinski definition) is 3. The lowest BCUT2D eigenvalue weighted by atomic mass is 9.79. The number of carbonyl (C=O) groups excluding carboxylic acids is 2. The molecule has 2 aliphatic heterocycles. The third kappa shape index (κ3) is 2.21. The summed E-state index contributed by atoms with van der Waals surface area (Å²) in [6.07, 6.45) is 0.346. The predicted molar refractivity (Wildman–Crippen MR) is 85.4 cm³/mol. The van der Waals surface area contributed by atoms with Gasteiger partial charge in [0.05, 0.1) is 17.5 Å². The summed E-state index contributed by atoms with van der Waals surface area (Å²) >= 11 is 5.95. The van der Waals surface area contributed by atoms with E-state index in [0.717, 1.165) is 5.56 Å². The van der Waals surface area contributed by atoms with Gasteiger partial charge in [0.25, 0.3) is 0 Å². The SMILES string of the molecule is CC1C(=O)N2C(c3ccc(Cl)cc3)[C@@](C)(C#N)C[C@H]2C(=O)N1C. The highest BCUT2D eigenvalue weighted by atomic mass is 35.5. The predicted octanol–water partition coefficient (Wildman–Crippen LogP) is 2.37. The number of nitrogens with zero attached hydrogens (tertiary/aromatic N) is 3. The second-order valence-electron chi connectivity index (χ2n) is 6.57. The molecule has 2 fully saturated rings. The summed E-state index contributed by atoms with van der Waals surface area (Å²) in [6.45, 7) is 3.53. The van der Waals surface area contributed by atoms with Crippen LogP contribution in [0.25, 0.3) is 0 Å². The van der Waals surface area contributed by atoms with Crippen molar-refractivity contribution in [1.29, 1.82) is 5.26 Å². The summed E-state index contributed by atoms with van der Waals surface area (Å²) < 4.78 is 0. The van der Waals surface area contributed by atoms with E-state index in [-0.39, 0.29) is 11.8 Å². The molecular formula is C17H18ClN3O2. The van der Waals surface area contributed by atoms with Crippen LogP contribution < -0.4 is 0 Å². The number of halogens is 1. The molecule has 3 rings (SSSR count). The standard InChI is InChI=1S/C17H18ClN3O2/c1-10-15(22)21-13(16(23)20(10)3)8-17(2,9-19)14(21)11-4-6-12(18)7-5-11/h4-7,10,13-14H,8H2,1-3H3/t10?,13-,14?,17+/m0/s1. The Morgan fingerprint density at radius 1 is 1.26 bits per heavy atom. The molecule has 0 aromatic heterocycles. The Bertz CT molecular complexity index is 712. The van der Waals surface area contributed by atoms with Gasteiger partial charge in [0, 0.05) is 12.1 Å². The minimum Gasteiger partial charge on any atom is -0.332 e. The molecule has 23 heavy (non-hydrogen) atoms. The number of nitriles is 1. The van der Waals surface area contributed by atoms with E-state index in [1.54, 1.807) is 31.0 Å². The second-order valence-corrected chi connectivity index (χ2v) is 7.01.